The van der Waals surface area contributed by atoms with Crippen molar-refractivity contribution in [2.75, 3.05) is 32.8 Å². The van der Waals surface area contributed by atoms with Crippen LogP contribution in [0.5, 0.6) is 0 Å². The highest BCUT2D eigenvalue weighted by Crippen LogP contribution is 2.18. The van der Waals surface area contributed by atoms with Gasteiger partial charge >= 0.3 is 14.6 Å². The molecule has 2 aliphatic heterocycles. The number of urea groups is 1. The molecule has 5 nitrogen and oxygen atoms in total. The quantitative estimate of drug-likeness (QED) is 0.778. The van der Waals surface area contributed by atoms with Crippen LogP contribution in [0, 0.1) is 0 Å². The van der Waals surface area contributed by atoms with Crippen molar-refractivity contribution in [3.63, 3.8) is 0 Å². The van der Waals surface area contributed by atoms with E-state index in [4.69, 9.17) is 8.85 Å². The standard InChI is InChI=1S/C15H30N2O3Si/c1-4-19-21(3,20-5-2)14-10-13-17(14)15(18)16-11-8-6-7-9-12-16/h14H,4-13H2,1-3H3/p+1. The van der Waals surface area contributed by atoms with Crippen LogP contribution in [-0.2, 0) is 8.85 Å². The Kier molecular flexibility index (Phi) is 6.22. The molecule has 2 amide bonds. The Balaban J connectivity index is 2.00. The average molecular weight is 316 g/mol. The number of nitrogens with zero attached hydrogens (tertiary/aromatic N) is 1. The van der Waals surface area contributed by atoms with E-state index in [0.29, 0.717) is 13.2 Å². The van der Waals surface area contributed by atoms with E-state index in [1.165, 1.54) is 12.8 Å². The number of carbonyl (C=O) groups excluding carboxylic acids is 1. The zero-order chi connectivity index (χ0) is 15.3. The first-order valence-electron chi connectivity index (χ1n) is 8.55. The number of amides is 2. The smallest absolute Gasteiger partial charge is 0.391 e. The maximum absolute atomic E-state index is 12.8. The zero-order valence-electron chi connectivity index (χ0n) is 13.8. The summed E-state index contributed by atoms with van der Waals surface area (Å²) in [5, 5.41) is 0. The van der Waals surface area contributed by atoms with Crippen LogP contribution in [0.1, 0.15) is 46.0 Å². The molecule has 2 aliphatic rings. The Bertz CT molecular complexity index is 340. The van der Waals surface area contributed by atoms with Crippen molar-refractivity contribution in [2.45, 2.75) is 58.2 Å². The molecule has 1 N–H and O–H groups in total. The SMILES string of the molecule is CCO[Si](C)(OCC)C1CC[NH+]1C(=O)N1CCCCCC1. The predicted molar refractivity (Wildman–Crippen MR) is 84.5 cm³/mol. The summed E-state index contributed by atoms with van der Waals surface area (Å²) in [6, 6.07) is 0.284. The topological polar surface area (TPSA) is 43.2 Å². The van der Waals surface area contributed by atoms with E-state index >= 15 is 0 Å². The van der Waals surface area contributed by atoms with Gasteiger partial charge in [0.05, 0.1) is 13.0 Å². The molecule has 122 valence electrons. The lowest BCUT2D eigenvalue weighted by Gasteiger charge is -2.44. The summed E-state index contributed by atoms with van der Waals surface area (Å²) in [5.41, 5.74) is 0.258. The first-order valence-corrected chi connectivity index (χ1v) is 10.9. The molecule has 0 aromatic carbocycles. The zero-order valence-corrected chi connectivity index (χ0v) is 14.8. The second-order valence-corrected chi connectivity index (χ2v) is 9.51. The van der Waals surface area contributed by atoms with Gasteiger partial charge in [-0.3, -0.25) is 4.90 Å². The summed E-state index contributed by atoms with van der Waals surface area (Å²) in [6.07, 6.45) is 5.86. The third-order valence-corrected chi connectivity index (χ3v) is 8.41. The molecule has 2 fully saturated rings. The number of quaternary nitrogens is 1. The highest BCUT2D eigenvalue weighted by Gasteiger charge is 2.56. The lowest BCUT2D eigenvalue weighted by atomic mass is 10.2. The fraction of sp³-hybridized carbons (Fsp3) is 0.933. The van der Waals surface area contributed by atoms with Gasteiger partial charge in [-0.15, -0.1) is 0 Å². The molecule has 2 atom stereocenters. The van der Waals surface area contributed by atoms with Crippen molar-refractivity contribution < 1.29 is 18.5 Å². The van der Waals surface area contributed by atoms with Crippen LogP contribution >= 0.6 is 0 Å². The molecule has 21 heavy (non-hydrogen) atoms. The molecule has 2 rings (SSSR count). The van der Waals surface area contributed by atoms with Crippen LogP contribution in [0.4, 0.5) is 4.79 Å². The molecule has 2 unspecified atom stereocenters. The minimum atomic E-state index is -2.25. The van der Waals surface area contributed by atoms with Gasteiger partial charge in [0.25, 0.3) is 0 Å². The Morgan fingerprint density at radius 2 is 1.71 bits per heavy atom. The molecule has 0 aliphatic carbocycles. The van der Waals surface area contributed by atoms with Crippen LogP contribution < -0.4 is 4.90 Å². The van der Waals surface area contributed by atoms with Gasteiger partial charge in [0.2, 0.25) is 0 Å². The van der Waals surface area contributed by atoms with Gasteiger partial charge in [-0.1, -0.05) is 12.8 Å². The van der Waals surface area contributed by atoms with Crippen molar-refractivity contribution in [1.29, 1.82) is 0 Å². The fourth-order valence-electron chi connectivity index (χ4n) is 3.56. The van der Waals surface area contributed by atoms with Gasteiger partial charge in [0, 0.05) is 26.3 Å². The Labute approximate surface area is 129 Å². The van der Waals surface area contributed by atoms with Crippen LogP contribution in [0.2, 0.25) is 6.55 Å². The molecule has 0 bridgehead atoms. The van der Waals surface area contributed by atoms with Crippen molar-refractivity contribution in [3.8, 4) is 0 Å². The third kappa shape index (κ3) is 3.86. The number of hydrogen-bond acceptors (Lipinski definition) is 3. The predicted octanol–water partition coefficient (Wildman–Crippen LogP) is 1.32. The summed E-state index contributed by atoms with van der Waals surface area (Å²) in [7, 11) is -2.25. The highest BCUT2D eigenvalue weighted by atomic mass is 28.4. The highest BCUT2D eigenvalue weighted by molar-refractivity contribution is 6.67. The monoisotopic (exact) mass is 315 g/mol. The fourth-order valence-corrected chi connectivity index (χ4v) is 6.76. The second kappa shape index (κ2) is 7.72. The van der Waals surface area contributed by atoms with E-state index in [1.807, 2.05) is 13.8 Å². The summed E-state index contributed by atoms with van der Waals surface area (Å²) < 4.78 is 12.0. The summed E-state index contributed by atoms with van der Waals surface area (Å²) >= 11 is 0. The summed E-state index contributed by atoms with van der Waals surface area (Å²) in [5.74, 6) is 0. The number of carbonyl (C=O) groups is 1. The molecule has 6 heteroatoms. The lowest BCUT2D eigenvalue weighted by Crippen LogP contribution is -3.27. The molecular formula is C15H31N2O3Si+. The maximum atomic E-state index is 12.8. The van der Waals surface area contributed by atoms with E-state index in [9.17, 15) is 4.79 Å². The van der Waals surface area contributed by atoms with E-state index in [2.05, 4.69) is 11.4 Å². The average Bonchev–Trinajstić information content (AvgIpc) is 2.66. The number of rotatable bonds is 5. The normalized spacial score (nSPS) is 27.1. The molecule has 0 spiro atoms. The van der Waals surface area contributed by atoms with Crippen molar-refractivity contribution in [3.05, 3.63) is 0 Å². The van der Waals surface area contributed by atoms with Crippen molar-refractivity contribution in [2.24, 2.45) is 0 Å². The van der Waals surface area contributed by atoms with Gasteiger partial charge in [-0.05, 0) is 33.2 Å². The maximum Gasteiger partial charge on any atom is 0.417 e. The first kappa shape index (κ1) is 16.9. The van der Waals surface area contributed by atoms with Gasteiger partial charge in [0.1, 0.15) is 5.67 Å². The van der Waals surface area contributed by atoms with Crippen molar-refractivity contribution >= 4 is 14.6 Å². The number of likely N-dealkylation sites (tertiary alicyclic amines) is 2. The lowest BCUT2D eigenvalue weighted by molar-refractivity contribution is -0.880. The van der Waals surface area contributed by atoms with E-state index in [-0.39, 0.29) is 11.7 Å². The Hall–Kier alpha value is -0.433. The van der Waals surface area contributed by atoms with Crippen LogP contribution in [-0.4, -0.2) is 58.0 Å². The van der Waals surface area contributed by atoms with Gasteiger partial charge in [-0.2, -0.15) is 0 Å². The van der Waals surface area contributed by atoms with E-state index in [0.717, 1.165) is 43.8 Å². The summed E-state index contributed by atoms with van der Waals surface area (Å²) in [4.78, 5) is 15.9. The minimum Gasteiger partial charge on any atom is -0.391 e. The molecular weight excluding hydrogens is 284 g/mol. The first-order chi connectivity index (χ1) is 10.1. The molecule has 0 saturated carbocycles. The van der Waals surface area contributed by atoms with Crippen LogP contribution in [0.25, 0.3) is 0 Å². The van der Waals surface area contributed by atoms with E-state index in [1.54, 1.807) is 0 Å². The Morgan fingerprint density at radius 1 is 1.14 bits per heavy atom. The minimum absolute atomic E-state index is 0.258. The van der Waals surface area contributed by atoms with Crippen LogP contribution in [0.3, 0.4) is 0 Å². The van der Waals surface area contributed by atoms with Crippen LogP contribution in [0.15, 0.2) is 0 Å². The largest absolute Gasteiger partial charge is 0.417 e. The molecule has 2 heterocycles. The number of hydrogen-bond donors (Lipinski definition) is 1. The van der Waals surface area contributed by atoms with Gasteiger partial charge in [0.15, 0.2) is 0 Å². The second-order valence-electron chi connectivity index (χ2n) is 6.20. The third-order valence-electron chi connectivity index (χ3n) is 4.79. The van der Waals surface area contributed by atoms with Crippen molar-refractivity contribution in [1.82, 2.24) is 4.90 Å². The molecule has 2 saturated heterocycles. The molecule has 0 radical (unpaired) electrons. The Morgan fingerprint density at radius 3 is 2.14 bits per heavy atom. The van der Waals surface area contributed by atoms with Gasteiger partial charge < -0.3 is 8.85 Å². The molecule has 0 aromatic heterocycles. The summed E-state index contributed by atoms with van der Waals surface area (Å²) in [6.45, 7) is 10.3. The number of nitrogens with one attached hydrogen (secondary N) is 1. The van der Waals surface area contributed by atoms with E-state index < -0.39 is 8.56 Å². The molecule has 0 aromatic rings. The van der Waals surface area contributed by atoms with Gasteiger partial charge in [-0.25, -0.2) is 9.69 Å².